The first-order chi connectivity index (χ1) is 10.1. The van der Waals surface area contributed by atoms with Gasteiger partial charge in [-0.15, -0.1) is 11.6 Å². The van der Waals surface area contributed by atoms with E-state index in [4.69, 9.17) is 21.3 Å². The second-order valence-electron chi connectivity index (χ2n) is 5.38. The maximum Gasteiger partial charge on any atom is 0.111 e. The van der Waals surface area contributed by atoms with Gasteiger partial charge in [0.05, 0.1) is 17.1 Å². The van der Waals surface area contributed by atoms with E-state index in [0.29, 0.717) is 12.0 Å². The van der Waals surface area contributed by atoms with Gasteiger partial charge in [-0.3, -0.25) is 0 Å². The molecule has 0 saturated carbocycles. The van der Waals surface area contributed by atoms with Gasteiger partial charge in [0.25, 0.3) is 0 Å². The van der Waals surface area contributed by atoms with Crippen LogP contribution in [-0.4, -0.2) is 28.1 Å². The molecule has 21 heavy (non-hydrogen) atoms. The number of halogens is 2. The van der Waals surface area contributed by atoms with Crippen molar-refractivity contribution in [3.63, 3.8) is 0 Å². The molecule has 2 rings (SSSR count). The molecule has 0 atom stereocenters. The third-order valence-corrected chi connectivity index (χ3v) is 4.19. The summed E-state index contributed by atoms with van der Waals surface area (Å²) in [4.78, 5) is 4.73. The molecule has 0 spiro atoms. The number of aryl methyl sites for hydroxylation is 2. The van der Waals surface area contributed by atoms with Gasteiger partial charge < -0.3 is 9.30 Å². The van der Waals surface area contributed by atoms with Crippen LogP contribution in [0.3, 0.4) is 0 Å². The number of aromatic nitrogens is 2. The predicted molar refractivity (Wildman–Crippen MR) is 97.2 cm³/mol. The number of unbranched alkanes of at least 4 members (excludes halogenated alkanes) is 1. The van der Waals surface area contributed by atoms with E-state index in [1.54, 1.807) is 0 Å². The zero-order valence-corrected chi connectivity index (χ0v) is 15.5. The van der Waals surface area contributed by atoms with Gasteiger partial charge in [-0.05, 0) is 67.5 Å². The van der Waals surface area contributed by atoms with Crippen LogP contribution in [-0.2, 0) is 17.7 Å². The molecule has 0 aliphatic heterocycles. The molecule has 2 aromatic rings. The van der Waals surface area contributed by atoms with Crippen molar-refractivity contribution in [2.45, 2.75) is 45.8 Å². The lowest BCUT2D eigenvalue weighted by atomic mass is 10.3. The van der Waals surface area contributed by atoms with Crippen molar-refractivity contribution in [2.75, 3.05) is 12.5 Å². The Balaban J connectivity index is 2.07. The average Bonchev–Trinajstić information content (AvgIpc) is 2.75. The zero-order chi connectivity index (χ0) is 15.2. The lowest BCUT2D eigenvalue weighted by molar-refractivity contribution is 0.0754. The van der Waals surface area contributed by atoms with Crippen LogP contribution >= 0.6 is 34.2 Å². The van der Waals surface area contributed by atoms with Crippen molar-refractivity contribution in [2.24, 2.45) is 0 Å². The fourth-order valence-electron chi connectivity index (χ4n) is 2.37. The van der Waals surface area contributed by atoms with Gasteiger partial charge in [-0.2, -0.15) is 0 Å². The number of hydrogen-bond acceptors (Lipinski definition) is 2. The zero-order valence-electron chi connectivity index (χ0n) is 12.6. The fourth-order valence-corrected chi connectivity index (χ4v) is 3.01. The van der Waals surface area contributed by atoms with Crippen molar-refractivity contribution < 1.29 is 4.74 Å². The highest BCUT2D eigenvalue weighted by Crippen LogP contribution is 2.20. The molecular weight excluding hydrogens is 399 g/mol. The molecule has 0 bridgehead atoms. The van der Waals surface area contributed by atoms with Gasteiger partial charge in [0, 0.05) is 29.0 Å². The highest BCUT2D eigenvalue weighted by molar-refractivity contribution is 14.1. The number of ether oxygens (including phenoxy) is 1. The molecule has 0 radical (unpaired) electrons. The Hall–Kier alpha value is -0.330. The van der Waals surface area contributed by atoms with Crippen LogP contribution in [0.1, 0.15) is 32.5 Å². The molecule has 0 aliphatic rings. The summed E-state index contributed by atoms with van der Waals surface area (Å²) < 4.78 is 9.12. The summed E-state index contributed by atoms with van der Waals surface area (Å²) in [6, 6.07) is 6.42. The minimum Gasteiger partial charge on any atom is -0.379 e. The molecular formula is C16H22ClIN2O. The molecule has 1 aromatic carbocycles. The first-order valence-corrected chi connectivity index (χ1v) is 9.05. The molecule has 0 amide bonds. The summed E-state index contributed by atoms with van der Waals surface area (Å²) in [5.41, 5.74) is 2.28. The van der Waals surface area contributed by atoms with Crippen LogP contribution in [0.15, 0.2) is 18.2 Å². The fraction of sp³-hybridized carbons (Fsp3) is 0.562. The Morgan fingerprint density at radius 1 is 1.33 bits per heavy atom. The van der Waals surface area contributed by atoms with Crippen LogP contribution in [0.25, 0.3) is 11.0 Å². The van der Waals surface area contributed by atoms with Crippen LogP contribution < -0.4 is 0 Å². The van der Waals surface area contributed by atoms with Crippen molar-refractivity contribution in [3.8, 4) is 0 Å². The number of fused-ring (bicyclic) bond motifs is 1. The molecule has 3 nitrogen and oxygen atoms in total. The molecule has 1 heterocycles. The van der Waals surface area contributed by atoms with E-state index in [2.05, 4.69) is 59.2 Å². The Labute approximate surface area is 145 Å². The number of hydrogen-bond donors (Lipinski definition) is 0. The van der Waals surface area contributed by atoms with Crippen LogP contribution in [0.2, 0.25) is 0 Å². The number of benzene rings is 1. The highest BCUT2D eigenvalue weighted by Gasteiger charge is 2.10. The maximum absolute atomic E-state index is 5.91. The molecule has 116 valence electrons. The van der Waals surface area contributed by atoms with E-state index in [9.17, 15) is 0 Å². The summed E-state index contributed by atoms with van der Waals surface area (Å²) in [6.45, 7) is 5.95. The number of imidazole rings is 1. The Kier molecular flexibility index (Phi) is 6.76. The van der Waals surface area contributed by atoms with E-state index in [1.807, 2.05) is 0 Å². The Bertz CT molecular complexity index is 583. The summed E-state index contributed by atoms with van der Waals surface area (Å²) >= 11 is 8.23. The first kappa shape index (κ1) is 17.0. The second kappa shape index (κ2) is 8.34. The van der Waals surface area contributed by atoms with Crippen molar-refractivity contribution in [1.29, 1.82) is 0 Å². The third kappa shape index (κ3) is 4.83. The van der Waals surface area contributed by atoms with E-state index in [1.165, 1.54) is 9.09 Å². The van der Waals surface area contributed by atoms with Crippen LogP contribution in [0.4, 0.5) is 0 Å². The monoisotopic (exact) mass is 420 g/mol. The van der Waals surface area contributed by atoms with Crippen LogP contribution in [0, 0.1) is 3.57 Å². The lowest BCUT2D eigenvalue weighted by Crippen LogP contribution is -2.08. The minimum absolute atomic E-state index is 0.313. The quantitative estimate of drug-likeness (QED) is 0.354. The van der Waals surface area contributed by atoms with Gasteiger partial charge in [0.1, 0.15) is 5.82 Å². The average molecular weight is 421 g/mol. The Morgan fingerprint density at radius 2 is 2.14 bits per heavy atom. The van der Waals surface area contributed by atoms with E-state index in [0.717, 1.165) is 43.8 Å². The Morgan fingerprint density at radius 3 is 2.86 bits per heavy atom. The number of alkyl halides is 1. The summed E-state index contributed by atoms with van der Waals surface area (Å²) in [5.74, 6) is 1.70. The number of nitrogens with zero attached hydrogens (tertiary/aromatic N) is 2. The molecule has 0 N–H and O–H groups in total. The first-order valence-electron chi connectivity index (χ1n) is 7.44. The molecule has 0 aliphatic carbocycles. The second-order valence-corrected chi connectivity index (χ2v) is 7.00. The van der Waals surface area contributed by atoms with Gasteiger partial charge in [0.15, 0.2) is 0 Å². The summed E-state index contributed by atoms with van der Waals surface area (Å²) in [5, 5.41) is 0. The standard InChI is InChI=1S/C16H22ClIN2O/c1-12(2)21-10-4-3-9-20-15-6-5-13(18)11-14(15)19-16(20)7-8-17/h5-6,11-12H,3-4,7-10H2,1-2H3. The van der Waals surface area contributed by atoms with E-state index in [-0.39, 0.29) is 0 Å². The van der Waals surface area contributed by atoms with Gasteiger partial charge >= 0.3 is 0 Å². The molecule has 0 saturated heterocycles. The SMILES string of the molecule is CC(C)OCCCCn1c(CCCl)nc2cc(I)ccc21. The smallest absolute Gasteiger partial charge is 0.111 e. The molecule has 0 fully saturated rings. The van der Waals surface area contributed by atoms with E-state index < -0.39 is 0 Å². The van der Waals surface area contributed by atoms with Gasteiger partial charge in [-0.1, -0.05) is 0 Å². The predicted octanol–water partition coefficient (Wildman–Crippen LogP) is 4.63. The minimum atomic E-state index is 0.313. The summed E-state index contributed by atoms with van der Waals surface area (Å²) in [6.07, 6.45) is 3.30. The third-order valence-electron chi connectivity index (χ3n) is 3.33. The van der Waals surface area contributed by atoms with Crippen molar-refractivity contribution in [1.82, 2.24) is 9.55 Å². The van der Waals surface area contributed by atoms with E-state index >= 15 is 0 Å². The molecule has 1 aromatic heterocycles. The summed E-state index contributed by atoms with van der Waals surface area (Å²) in [7, 11) is 0. The molecule has 5 heteroatoms. The normalized spacial score (nSPS) is 11.7. The van der Waals surface area contributed by atoms with Crippen molar-refractivity contribution in [3.05, 3.63) is 27.6 Å². The van der Waals surface area contributed by atoms with Crippen LogP contribution in [0.5, 0.6) is 0 Å². The van der Waals surface area contributed by atoms with Gasteiger partial charge in [0.2, 0.25) is 0 Å². The van der Waals surface area contributed by atoms with Gasteiger partial charge in [-0.25, -0.2) is 4.98 Å². The molecule has 0 unspecified atom stereocenters. The highest BCUT2D eigenvalue weighted by atomic mass is 127. The van der Waals surface area contributed by atoms with Crippen molar-refractivity contribution >= 4 is 45.2 Å². The topological polar surface area (TPSA) is 27.1 Å². The lowest BCUT2D eigenvalue weighted by Gasteiger charge is -2.10. The largest absolute Gasteiger partial charge is 0.379 e. The number of rotatable bonds is 8. The maximum atomic E-state index is 5.91.